The number of carbonyl (C=O) groups excluding carboxylic acids is 2. The molecular formula is C19H26N2O3. The van der Waals surface area contributed by atoms with Gasteiger partial charge in [0.25, 0.3) is 11.8 Å². The Bertz CT molecular complexity index is 629. The zero-order valence-corrected chi connectivity index (χ0v) is 14.6. The Labute approximate surface area is 143 Å². The summed E-state index contributed by atoms with van der Waals surface area (Å²) in [7, 11) is 1.81. The van der Waals surface area contributed by atoms with E-state index >= 15 is 0 Å². The van der Waals surface area contributed by atoms with Crippen molar-refractivity contribution in [3.63, 3.8) is 0 Å². The predicted molar refractivity (Wildman–Crippen MR) is 92.2 cm³/mol. The van der Waals surface area contributed by atoms with Crippen LogP contribution in [0.4, 0.5) is 0 Å². The average molecular weight is 330 g/mol. The van der Waals surface area contributed by atoms with Crippen LogP contribution in [0.1, 0.15) is 48.5 Å². The zero-order chi connectivity index (χ0) is 17.1. The van der Waals surface area contributed by atoms with Crippen molar-refractivity contribution >= 4 is 11.8 Å². The minimum absolute atomic E-state index is 0.0232. The lowest BCUT2D eigenvalue weighted by Gasteiger charge is -2.35. The number of piperidine rings is 1. The summed E-state index contributed by atoms with van der Waals surface area (Å²) in [6, 6.07) is 5.86. The molecule has 2 amide bonds. The number of ether oxygens (including phenoxy) is 1. The third-order valence-corrected chi connectivity index (χ3v) is 5.18. The molecule has 2 aliphatic heterocycles. The molecule has 0 spiro atoms. The van der Waals surface area contributed by atoms with Crippen LogP contribution in [0.15, 0.2) is 18.2 Å². The van der Waals surface area contributed by atoms with E-state index in [0.717, 1.165) is 37.8 Å². The number of rotatable bonds is 4. The molecule has 2 heterocycles. The fourth-order valence-corrected chi connectivity index (χ4v) is 3.72. The molecule has 0 radical (unpaired) electrons. The van der Waals surface area contributed by atoms with E-state index in [1.165, 1.54) is 6.42 Å². The maximum Gasteiger partial charge on any atom is 0.260 e. The Hall–Kier alpha value is -2.04. The second-order valence-electron chi connectivity index (χ2n) is 6.69. The highest BCUT2D eigenvalue weighted by molar-refractivity contribution is 5.97. The highest BCUT2D eigenvalue weighted by Gasteiger charge is 2.27. The molecule has 5 heteroatoms. The van der Waals surface area contributed by atoms with Crippen molar-refractivity contribution in [2.75, 3.05) is 26.7 Å². The van der Waals surface area contributed by atoms with Gasteiger partial charge in [0.05, 0.1) is 0 Å². The second kappa shape index (κ2) is 7.24. The Morgan fingerprint density at radius 3 is 2.92 bits per heavy atom. The van der Waals surface area contributed by atoms with Gasteiger partial charge in [0, 0.05) is 37.3 Å². The van der Waals surface area contributed by atoms with Gasteiger partial charge in [-0.25, -0.2) is 0 Å². The molecule has 24 heavy (non-hydrogen) atoms. The molecule has 1 aromatic carbocycles. The molecule has 1 aromatic rings. The van der Waals surface area contributed by atoms with Crippen molar-refractivity contribution in [3.05, 3.63) is 29.3 Å². The van der Waals surface area contributed by atoms with Crippen molar-refractivity contribution in [1.82, 2.24) is 9.80 Å². The third-order valence-electron chi connectivity index (χ3n) is 5.18. The van der Waals surface area contributed by atoms with Crippen molar-refractivity contribution in [2.45, 2.75) is 45.1 Å². The maximum absolute atomic E-state index is 12.6. The molecule has 0 aromatic heterocycles. The van der Waals surface area contributed by atoms with E-state index in [2.05, 4.69) is 6.92 Å². The molecular weight excluding hydrogens is 304 g/mol. The summed E-state index contributed by atoms with van der Waals surface area (Å²) in [4.78, 5) is 28.5. The van der Waals surface area contributed by atoms with Crippen LogP contribution in [-0.2, 0) is 11.2 Å². The van der Waals surface area contributed by atoms with Crippen LogP contribution in [0, 0.1) is 0 Å². The summed E-state index contributed by atoms with van der Waals surface area (Å²) in [5, 5.41) is 0. The van der Waals surface area contributed by atoms with Crippen LogP contribution in [0.2, 0.25) is 0 Å². The number of fused-ring (bicyclic) bond motifs is 1. The van der Waals surface area contributed by atoms with Gasteiger partial charge in [0.15, 0.2) is 6.61 Å². The number of hydrogen-bond donors (Lipinski definition) is 0. The molecule has 0 bridgehead atoms. The van der Waals surface area contributed by atoms with Gasteiger partial charge in [-0.3, -0.25) is 9.59 Å². The summed E-state index contributed by atoms with van der Waals surface area (Å²) in [6.45, 7) is 3.70. The number of likely N-dealkylation sites (tertiary alicyclic amines) is 1. The molecule has 0 aliphatic carbocycles. The molecule has 130 valence electrons. The lowest BCUT2D eigenvalue weighted by Crippen LogP contribution is -2.45. The highest BCUT2D eigenvalue weighted by atomic mass is 16.5. The normalized spacial score (nSPS) is 20.8. The predicted octanol–water partition coefficient (Wildman–Crippen LogP) is 2.48. The third kappa shape index (κ3) is 3.25. The van der Waals surface area contributed by atoms with Crippen LogP contribution in [0.25, 0.3) is 0 Å². The van der Waals surface area contributed by atoms with Crippen LogP contribution in [0.5, 0.6) is 5.75 Å². The summed E-state index contributed by atoms with van der Waals surface area (Å²) < 4.78 is 5.83. The minimum atomic E-state index is 0.0232. The monoisotopic (exact) mass is 330 g/mol. The number of hydrogen-bond acceptors (Lipinski definition) is 3. The largest absolute Gasteiger partial charge is 0.483 e. The molecule has 1 atom stereocenters. The first kappa shape index (κ1) is 16.8. The van der Waals surface area contributed by atoms with E-state index in [9.17, 15) is 9.59 Å². The van der Waals surface area contributed by atoms with Crippen molar-refractivity contribution in [2.24, 2.45) is 0 Å². The lowest BCUT2D eigenvalue weighted by molar-refractivity contribution is -0.137. The van der Waals surface area contributed by atoms with Crippen molar-refractivity contribution in [3.8, 4) is 5.75 Å². The van der Waals surface area contributed by atoms with E-state index in [1.54, 1.807) is 4.90 Å². The van der Waals surface area contributed by atoms with E-state index in [0.29, 0.717) is 23.9 Å². The van der Waals surface area contributed by atoms with Gasteiger partial charge >= 0.3 is 0 Å². The Morgan fingerprint density at radius 1 is 1.29 bits per heavy atom. The number of carbonyl (C=O) groups is 2. The summed E-state index contributed by atoms with van der Waals surface area (Å²) in [6.07, 6.45) is 5.12. The van der Waals surface area contributed by atoms with E-state index in [1.807, 2.05) is 30.1 Å². The molecule has 5 nitrogen and oxygen atoms in total. The molecule has 1 saturated heterocycles. The molecule has 0 saturated carbocycles. The quantitative estimate of drug-likeness (QED) is 0.852. The highest BCUT2D eigenvalue weighted by Crippen LogP contribution is 2.28. The van der Waals surface area contributed by atoms with Crippen LogP contribution in [0.3, 0.4) is 0 Å². The van der Waals surface area contributed by atoms with Gasteiger partial charge < -0.3 is 14.5 Å². The molecule has 2 aliphatic rings. The van der Waals surface area contributed by atoms with Crippen LogP contribution >= 0.6 is 0 Å². The fraction of sp³-hybridized carbons (Fsp3) is 0.579. The smallest absolute Gasteiger partial charge is 0.260 e. The summed E-state index contributed by atoms with van der Waals surface area (Å²) >= 11 is 0. The number of amides is 2. The Morgan fingerprint density at radius 2 is 2.12 bits per heavy atom. The van der Waals surface area contributed by atoms with Gasteiger partial charge in [0.2, 0.25) is 0 Å². The number of likely N-dealkylation sites (N-methyl/N-ethyl adjacent to an activating group) is 1. The number of benzene rings is 1. The summed E-state index contributed by atoms with van der Waals surface area (Å²) in [5.41, 5.74) is 1.62. The first-order chi connectivity index (χ1) is 11.6. The topological polar surface area (TPSA) is 49.9 Å². The van der Waals surface area contributed by atoms with Gasteiger partial charge in [-0.2, -0.15) is 0 Å². The average Bonchev–Trinajstić information content (AvgIpc) is 2.62. The van der Waals surface area contributed by atoms with E-state index in [4.69, 9.17) is 4.74 Å². The van der Waals surface area contributed by atoms with E-state index < -0.39 is 0 Å². The van der Waals surface area contributed by atoms with E-state index in [-0.39, 0.29) is 18.4 Å². The van der Waals surface area contributed by atoms with Crippen LogP contribution < -0.4 is 4.74 Å². The second-order valence-corrected chi connectivity index (χ2v) is 6.69. The maximum atomic E-state index is 12.6. The summed E-state index contributed by atoms with van der Waals surface area (Å²) in [5.74, 6) is 0.751. The SMILES string of the molecule is CC[C@@H]1CCCCN1C(=O)COc1cccc2c1CCN(C)C2=O. The van der Waals surface area contributed by atoms with Gasteiger partial charge in [-0.1, -0.05) is 13.0 Å². The Balaban J connectivity index is 1.69. The molecule has 0 unspecified atom stereocenters. The van der Waals surface area contributed by atoms with Gasteiger partial charge in [-0.15, -0.1) is 0 Å². The molecule has 3 rings (SSSR count). The fourth-order valence-electron chi connectivity index (χ4n) is 3.72. The molecule has 1 fully saturated rings. The zero-order valence-electron chi connectivity index (χ0n) is 14.6. The van der Waals surface area contributed by atoms with Crippen molar-refractivity contribution in [1.29, 1.82) is 0 Å². The lowest BCUT2D eigenvalue weighted by atomic mass is 9.98. The van der Waals surface area contributed by atoms with Gasteiger partial charge in [0.1, 0.15) is 5.75 Å². The first-order valence-corrected chi connectivity index (χ1v) is 8.91. The number of nitrogens with zero attached hydrogens (tertiary/aromatic N) is 2. The standard InChI is InChI=1S/C19H26N2O3/c1-3-14-7-4-5-11-21(14)18(22)13-24-17-9-6-8-16-15(17)10-12-20(2)19(16)23/h6,8-9,14H,3-5,7,10-13H2,1-2H3/t14-/m1/s1. The first-order valence-electron chi connectivity index (χ1n) is 8.91. The van der Waals surface area contributed by atoms with Crippen LogP contribution in [-0.4, -0.2) is 54.4 Å². The minimum Gasteiger partial charge on any atom is -0.483 e. The van der Waals surface area contributed by atoms with Gasteiger partial charge in [-0.05, 0) is 44.2 Å². The van der Waals surface area contributed by atoms with Crippen molar-refractivity contribution < 1.29 is 14.3 Å². The Kier molecular flexibility index (Phi) is 5.07. The molecule has 0 N–H and O–H groups in total.